The first-order valence-corrected chi connectivity index (χ1v) is 11.3. The molecular formula is C21H21N5O2S2. The number of aromatic nitrogens is 2. The Balaban J connectivity index is 1.37. The molecule has 1 aliphatic heterocycles. The fraction of sp³-hybridized carbons (Fsp3) is 0.286. The molecule has 1 saturated heterocycles. The van der Waals surface area contributed by atoms with Crippen LogP contribution in [0.5, 0.6) is 5.75 Å². The standard InChI is InChI=1S/C21H21N5O2S2/c1-25-7-9-26(10-8-25)19(27)13-3-5-15-17(11-13)29-20(22-15)24-21-23-16-6-4-14(28-2)12-18(16)30-21/h3-6,11-12H,7-10H2,1-2H3,(H,22,23,24). The molecule has 1 amide bonds. The van der Waals surface area contributed by atoms with Crippen molar-refractivity contribution < 1.29 is 9.53 Å². The van der Waals surface area contributed by atoms with Crippen LogP contribution in [0.3, 0.4) is 0 Å². The average molecular weight is 440 g/mol. The van der Waals surface area contributed by atoms with Gasteiger partial charge in [0.1, 0.15) is 5.75 Å². The number of thiazole rings is 2. The van der Waals surface area contributed by atoms with Gasteiger partial charge in [-0.1, -0.05) is 22.7 Å². The van der Waals surface area contributed by atoms with E-state index < -0.39 is 0 Å². The van der Waals surface area contributed by atoms with E-state index >= 15 is 0 Å². The van der Waals surface area contributed by atoms with Crippen LogP contribution in [0, 0.1) is 0 Å². The maximum absolute atomic E-state index is 12.9. The van der Waals surface area contributed by atoms with Gasteiger partial charge in [-0.15, -0.1) is 0 Å². The highest BCUT2D eigenvalue weighted by Crippen LogP contribution is 2.34. The van der Waals surface area contributed by atoms with Crippen molar-refractivity contribution >= 4 is 59.3 Å². The largest absolute Gasteiger partial charge is 0.497 e. The molecule has 2 aromatic carbocycles. The second-order valence-corrected chi connectivity index (χ2v) is 9.34. The molecule has 0 atom stereocenters. The van der Waals surface area contributed by atoms with Gasteiger partial charge < -0.3 is 19.9 Å². The minimum Gasteiger partial charge on any atom is -0.497 e. The first kappa shape index (κ1) is 19.2. The van der Waals surface area contributed by atoms with Crippen LogP contribution in [-0.2, 0) is 0 Å². The predicted octanol–water partition coefficient (Wildman–Crippen LogP) is 4.05. The number of amides is 1. The second kappa shape index (κ2) is 7.82. The van der Waals surface area contributed by atoms with E-state index in [1.807, 2.05) is 41.3 Å². The number of benzene rings is 2. The van der Waals surface area contributed by atoms with Crippen LogP contribution in [-0.4, -0.2) is 66.0 Å². The molecule has 0 saturated carbocycles. The summed E-state index contributed by atoms with van der Waals surface area (Å²) in [5, 5.41) is 4.86. The van der Waals surface area contributed by atoms with Gasteiger partial charge in [0.15, 0.2) is 10.3 Å². The Labute approximate surface area is 181 Å². The molecular weight excluding hydrogens is 418 g/mol. The number of rotatable bonds is 4. The van der Waals surface area contributed by atoms with Crippen LogP contribution in [0.15, 0.2) is 36.4 Å². The van der Waals surface area contributed by atoms with E-state index in [0.29, 0.717) is 5.56 Å². The fourth-order valence-corrected chi connectivity index (χ4v) is 5.34. The quantitative estimate of drug-likeness (QED) is 0.517. The van der Waals surface area contributed by atoms with E-state index in [-0.39, 0.29) is 5.91 Å². The maximum atomic E-state index is 12.9. The Kier molecular flexibility index (Phi) is 5.01. The highest BCUT2D eigenvalue weighted by Gasteiger charge is 2.21. The molecule has 1 aliphatic rings. The SMILES string of the molecule is COc1ccc2nc(Nc3nc4ccc(C(=O)N5CCN(C)CC5)cc4s3)sc2c1. The maximum Gasteiger partial charge on any atom is 0.253 e. The number of nitrogens with one attached hydrogen (secondary N) is 1. The summed E-state index contributed by atoms with van der Waals surface area (Å²) in [7, 11) is 3.74. The lowest BCUT2D eigenvalue weighted by Gasteiger charge is -2.32. The van der Waals surface area contributed by atoms with Gasteiger partial charge in [0, 0.05) is 31.7 Å². The smallest absolute Gasteiger partial charge is 0.253 e. The number of fused-ring (bicyclic) bond motifs is 2. The summed E-state index contributed by atoms with van der Waals surface area (Å²) in [6, 6.07) is 11.6. The van der Waals surface area contributed by atoms with Crippen molar-refractivity contribution in [3.8, 4) is 5.75 Å². The number of anilines is 2. The summed E-state index contributed by atoms with van der Waals surface area (Å²) in [5.41, 5.74) is 2.51. The number of carbonyl (C=O) groups is 1. The summed E-state index contributed by atoms with van der Waals surface area (Å²) >= 11 is 3.09. The molecule has 0 bridgehead atoms. The number of hydrogen-bond acceptors (Lipinski definition) is 8. The number of hydrogen-bond donors (Lipinski definition) is 1. The van der Waals surface area contributed by atoms with Crippen LogP contribution in [0.4, 0.5) is 10.3 Å². The van der Waals surface area contributed by atoms with Gasteiger partial charge in [0.05, 0.1) is 27.5 Å². The van der Waals surface area contributed by atoms with Crippen LogP contribution >= 0.6 is 22.7 Å². The van der Waals surface area contributed by atoms with Gasteiger partial charge in [-0.3, -0.25) is 4.79 Å². The van der Waals surface area contributed by atoms with Gasteiger partial charge >= 0.3 is 0 Å². The van der Waals surface area contributed by atoms with E-state index in [4.69, 9.17) is 4.74 Å². The molecule has 154 valence electrons. The Bertz CT molecular complexity index is 1230. The van der Waals surface area contributed by atoms with E-state index in [1.165, 1.54) is 11.3 Å². The number of methoxy groups -OCH3 is 1. The van der Waals surface area contributed by atoms with Gasteiger partial charge in [0.25, 0.3) is 5.91 Å². The molecule has 9 heteroatoms. The first-order valence-electron chi connectivity index (χ1n) is 9.69. The molecule has 0 aliphatic carbocycles. The minimum absolute atomic E-state index is 0.0908. The van der Waals surface area contributed by atoms with Crippen molar-refractivity contribution in [3.05, 3.63) is 42.0 Å². The summed E-state index contributed by atoms with van der Waals surface area (Å²) < 4.78 is 7.32. The van der Waals surface area contributed by atoms with Crippen molar-refractivity contribution in [1.29, 1.82) is 0 Å². The highest BCUT2D eigenvalue weighted by molar-refractivity contribution is 7.24. The lowest BCUT2D eigenvalue weighted by atomic mass is 10.1. The monoisotopic (exact) mass is 439 g/mol. The third kappa shape index (κ3) is 3.71. The molecule has 3 heterocycles. The van der Waals surface area contributed by atoms with Gasteiger partial charge in [-0.2, -0.15) is 0 Å². The van der Waals surface area contributed by atoms with Crippen LogP contribution in [0.25, 0.3) is 20.4 Å². The average Bonchev–Trinajstić information content (AvgIpc) is 3.35. The Morgan fingerprint density at radius 3 is 2.27 bits per heavy atom. The first-order chi connectivity index (χ1) is 14.6. The van der Waals surface area contributed by atoms with E-state index in [9.17, 15) is 4.79 Å². The predicted molar refractivity (Wildman–Crippen MR) is 122 cm³/mol. The van der Waals surface area contributed by atoms with Crippen molar-refractivity contribution in [3.63, 3.8) is 0 Å². The van der Waals surface area contributed by atoms with Gasteiger partial charge in [0.2, 0.25) is 0 Å². The Morgan fingerprint density at radius 2 is 1.60 bits per heavy atom. The van der Waals surface area contributed by atoms with Crippen LogP contribution < -0.4 is 10.1 Å². The van der Waals surface area contributed by atoms with Crippen molar-refractivity contribution in [1.82, 2.24) is 19.8 Å². The molecule has 0 unspecified atom stereocenters. The number of nitrogens with zero attached hydrogens (tertiary/aromatic N) is 4. The van der Waals surface area contributed by atoms with Crippen LogP contribution in [0.2, 0.25) is 0 Å². The van der Waals surface area contributed by atoms with Crippen molar-refractivity contribution in [2.45, 2.75) is 0 Å². The zero-order valence-electron chi connectivity index (χ0n) is 16.7. The van der Waals surface area contributed by atoms with Gasteiger partial charge in [-0.25, -0.2) is 9.97 Å². The summed E-state index contributed by atoms with van der Waals surface area (Å²) in [6.07, 6.45) is 0. The fourth-order valence-electron chi connectivity index (χ4n) is 3.48. The Morgan fingerprint density at radius 1 is 0.967 bits per heavy atom. The van der Waals surface area contributed by atoms with Crippen molar-refractivity contribution in [2.75, 3.05) is 45.7 Å². The Hall–Kier alpha value is -2.75. The lowest BCUT2D eigenvalue weighted by Crippen LogP contribution is -2.47. The second-order valence-electron chi connectivity index (χ2n) is 7.27. The van der Waals surface area contributed by atoms with Crippen LogP contribution in [0.1, 0.15) is 10.4 Å². The molecule has 4 aromatic rings. The molecule has 0 spiro atoms. The summed E-state index contributed by atoms with van der Waals surface area (Å²) in [6.45, 7) is 3.36. The van der Waals surface area contributed by atoms with E-state index in [2.05, 4.69) is 27.2 Å². The molecule has 7 nitrogen and oxygen atoms in total. The summed E-state index contributed by atoms with van der Waals surface area (Å²) in [5.74, 6) is 0.906. The number of piperazine rings is 1. The highest BCUT2D eigenvalue weighted by atomic mass is 32.1. The summed E-state index contributed by atoms with van der Waals surface area (Å²) in [4.78, 5) is 26.3. The van der Waals surface area contributed by atoms with Crippen molar-refractivity contribution in [2.24, 2.45) is 0 Å². The lowest BCUT2D eigenvalue weighted by molar-refractivity contribution is 0.0664. The van der Waals surface area contributed by atoms with E-state index in [0.717, 1.165) is 62.6 Å². The molecule has 0 radical (unpaired) electrons. The van der Waals surface area contributed by atoms with E-state index in [1.54, 1.807) is 18.4 Å². The third-order valence-corrected chi connectivity index (χ3v) is 7.10. The molecule has 1 fully saturated rings. The number of ether oxygens (including phenoxy) is 1. The number of carbonyl (C=O) groups excluding carboxylic acids is 1. The normalized spacial score (nSPS) is 15.1. The zero-order valence-corrected chi connectivity index (χ0v) is 18.3. The molecule has 1 N–H and O–H groups in total. The third-order valence-electron chi connectivity index (χ3n) is 5.24. The molecule has 2 aromatic heterocycles. The molecule has 30 heavy (non-hydrogen) atoms. The number of likely N-dealkylation sites (N-methyl/N-ethyl adjacent to an activating group) is 1. The van der Waals surface area contributed by atoms with Gasteiger partial charge in [-0.05, 0) is 43.4 Å². The molecule has 5 rings (SSSR count). The minimum atomic E-state index is 0.0908. The topological polar surface area (TPSA) is 70.6 Å². The zero-order chi connectivity index (χ0) is 20.7.